The summed E-state index contributed by atoms with van der Waals surface area (Å²) in [6.45, 7) is 1.89. The molecule has 3 aromatic rings. The number of pyridine rings is 1. The molecular formula is C13H11ClN4O3S2. The average molecular weight is 371 g/mol. The summed E-state index contributed by atoms with van der Waals surface area (Å²) >= 11 is 6.79. The minimum absolute atomic E-state index is 0.132. The first kappa shape index (κ1) is 15.9. The van der Waals surface area contributed by atoms with Crippen LogP contribution in [0.4, 0.5) is 5.82 Å². The SMILES string of the molecule is CCc1nc(-c2csc(S(=O)(=O)Nc3ccc(Cl)cn3)c2)no1. The Balaban J connectivity index is 1.84. The molecule has 1 N–H and O–H groups in total. The number of rotatable bonds is 5. The molecule has 0 saturated heterocycles. The van der Waals surface area contributed by atoms with Crippen LogP contribution in [0.3, 0.4) is 0 Å². The molecule has 0 amide bonds. The molecule has 7 nitrogen and oxygen atoms in total. The van der Waals surface area contributed by atoms with Gasteiger partial charge in [0.15, 0.2) is 0 Å². The van der Waals surface area contributed by atoms with Gasteiger partial charge in [-0.2, -0.15) is 4.98 Å². The first-order valence-electron chi connectivity index (χ1n) is 6.54. The van der Waals surface area contributed by atoms with E-state index in [9.17, 15) is 8.42 Å². The number of hydrogen-bond donors (Lipinski definition) is 1. The van der Waals surface area contributed by atoms with Crippen molar-refractivity contribution in [2.45, 2.75) is 17.6 Å². The standard InChI is InChI=1S/C13H11ClN4O3S2/c1-2-11-16-13(17-21-11)8-5-12(22-7-8)23(19,20)18-10-4-3-9(14)6-15-10/h3-7H,2H2,1H3,(H,15,18). The zero-order valence-electron chi connectivity index (χ0n) is 11.9. The molecule has 0 aliphatic heterocycles. The van der Waals surface area contributed by atoms with Gasteiger partial charge in [0.25, 0.3) is 10.0 Å². The molecule has 0 aliphatic carbocycles. The molecule has 120 valence electrons. The van der Waals surface area contributed by atoms with Crippen molar-refractivity contribution >= 4 is 38.8 Å². The lowest BCUT2D eigenvalue weighted by atomic mass is 10.3. The second-order valence-electron chi connectivity index (χ2n) is 4.49. The predicted molar refractivity (Wildman–Crippen MR) is 87.0 cm³/mol. The van der Waals surface area contributed by atoms with Crippen LogP contribution in [0.5, 0.6) is 0 Å². The molecule has 3 rings (SSSR count). The van der Waals surface area contributed by atoms with Crippen molar-refractivity contribution in [3.8, 4) is 11.4 Å². The van der Waals surface area contributed by atoms with E-state index in [1.54, 1.807) is 11.4 Å². The number of nitrogens with zero attached hydrogens (tertiary/aromatic N) is 3. The topological polar surface area (TPSA) is 98.0 Å². The minimum Gasteiger partial charge on any atom is -0.339 e. The van der Waals surface area contributed by atoms with Gasteiger partial charge in [0.2, 0.25) is 11.7 Å². The van der Waals surface area contributed by atoms with Gasteiger partial charge in [-0.3, -0.25) is 4.72 Å². The number of aryl methyl sites for hydroxylation is 1. The summed E-state index contributed by atoms with van der Waals surface area (Å²) in [5.74, 6) is 1.06. The van der Waals surface area contributed by atoms with Gasteiger partial charge in [0.05, 0.1) is 5.02 Å². The molecule has 0 aromatic carbocycles. The van der Waals surface area contributed by atoms with Crippen LogP contribution in [0.2, 0.25) is 5.02 Å². The molecule has 0 saturated carbocycles. The Kier molecular flexibility index (Phi) is 4.33. The normalized spacial score (nSPS) is 11.6. The van der Waals surface area contributed by atoms with Crippen LogP contribution in [0, 0.1) is 0 Å². The summed E-state index contributed by atoms with van der Waals surface area (Å²) < 4.78 is 32.3. The van der Waals surface area contributed by atoms with E-state index >= 15 is 0 Å². The zero-order valence-corrected chi connectivity index (χ0v) is 14.2. The summed E-state index contributed by atoms with van der Waals surface area (Å²) in [7, 11) is -3.74. The van der Waals surface area contributed by atoms with Gasteiger partial charge < -0.3 is 4.52 Å². The highest BCUT2D eigenvalue weighted by Crippen LogP contribution is 2.28. The fraction of sp³-hybridized carbons (Fsp3) is 0.154. The van der Waals surface area contributed by atoms with Crippen molar-refractivity contribution in [2.75, 3.05) is 4.72 Å². The third-order valence-electron chi connectivity index (χ3n) is 2.84. The van der Waals surface area contributed by atoms with Gasteiger partial charge in [-0.1, -0.05) is 23.7 Å². The van der Waals surface area contributed by atoms with E-state index in [1.165, 1.54) is 18.3 Å². The maximum Gasteiger partial charge on any atom is 0.272 e. The second-order valence-corrected chi connectivity index (χ2v) is 7.74. The molecule has 0 radical (unpaired) electrons. The lowest BCUT2D eigenvalue weighted by Crippen LogP contribution is -2.12. The quantitative estimate of drug-likeness (QED) is 0.740. The van der Waals surface area contributed by atoms with Crippen LogP contribution in [-0.4, -0.2) is 23.5 Å². The molecule has 0 fully saturated rings. The van der Waals surface area contributed by atoms with Crippen LogP contribution in [0.25, 0.3) is 11.4 Å². The maximum absolute atomic E-state index is 12.4. The summed E-state index contributed by atoms with van der Waals surface area (Å²) in [5.41, 5.74) is 0.586. The average Bonchev–Trinajstić information content (AvgIpc) is 3.18. The van der Waals surface area contributed by atoms with Crippen molar-refractivity contribution in [3.63, 3.8) is 0 Å². The van der Waals surface area contributed by atoms with Gasteiger partial charge in [-0.05, 0) is 18.2 Å². The Hall–Kier alpha value is -1.97. The fourth-order valence-corrected chi connectivity index (χ4v) is 3.99. The van der Waals surface area contributed by atoms with Crippen LogP contribution in [0.15, 0.2) is 38.5 Å². The molecule has 23 heavy (non-hydrogen) atoms. The molecule has 3 heterocycles. The minimum atomic E-state index is -3.74. The third-order valence-corrected chi connectivity index (χ3v) is 5.85. The van der Waals surface area contributed by atoms with Gasteiger partial charge in [-0.25, -0.2) is 13.4 Å². The summed E-state index contributed by atoms with van der Waals surface area (Å²) in [5, 5.41) is 5.91. The van der Waals surface area contributed by atoms with E-state index in [2.05, 4.69) is 19.8 Å². The highest BCUT2D eigenvalue weighted by Gasteiger charge is 2.19. The number of aromatic nitrogens is 3. The highest BCUT2D eigenvalue weighted by atomic mass is 35.5. The Morgan fingerprint density at radius 1 is 1.39 bits per heavy atom. The predicted octanol–water partition coefficient (Wildman–Crippen LogP) is 3.21. The number of sulfonamides is 1. The number of anilines is 1. The Morgan fingerprint density at radius 2 is 2.22 bits per heavy atom. The van der Waals surface area contributed by atoms with Crippen LogP contribution in [0.1, 0.15) is 12.8 Å². The fourth-order valence-electron chi connectivity index (χ4n) is 1.71. The largest absolute Gasteiger partial charge is 0.339 e. The van der Waals surface area contributed by atoms with Gasteiger partial charge in [-0.15, -0.1) is 11.3 Å². The summed E-state index contributed by atoms with van der Waals surface area (Å²) in [6.07, 6.45) is 1.98. The lowest BCUT2D eigenvalue weighted by Gasteiger charge is -2.04. The zero-order chi connectivity index (χ0) is 16.4. The van der Waals surface area contributed by atoms with E-state index in [1.807, 2.05) is 6.92 Å². The molecule has 0 bridgehead atoms. The van der Waals surface area contributed by atoms with Crippen molar-refractivity contribution in [3.05, 3.63) is 40.7 Å². The molecule has 0 spiro atoms. The van der Waals surface area contributed by atoms with Crippen molar-refractivity contribution in [1.29, 1.82) is 0 Å². The first-order chi connectivity index (χ1) is 11.0. The van der Waals surface area contributed by atoms with Gasteiger partial charge in [0, 0.05) is 23.6 Å². The van der Waals surface area contributed by atoms with E-state index < -0.39 is 10.0 Å². The Bertz CT molecular complexity index is 919. The summed E-state index contributed by atoms with van der Waals surface area (Å²) in [4.78, 5) is 8.09. The Labute approximate surface area is 141 Å². The molecule has 3 aromatic heterocycles. The van der Waals surface area contributed by atoms with Crippen LogP contribution >= 0.6 is 22.9 Å². The number of halogens is 1. The highest BCUT2D eigenvalue weighted by molar-refractivity contribution is 7.94. The van der Waals surface area contributed by atoms with E-state index in [0.717, 1.165) is 11.3 Å². The molecule has 0 aliphatic rings. The number of hydrogen-bond acceptors (Lipinski definition) is 7. The summed E-state index contributed by atoms with van der Waals surface area (Å²) in [6, 6.07) is 4.53. The van der Waals surface area contributed by atoms with Crippen molar-refractivity contribution in [1.82, 2.24) is 15.1 Å². The molecular weight excluding hydrogens is 360 g/mol. The van der Waals surface area contributed by atoms with Crippen LogP contribution in [-0.2, 0) is 16.4 Å². The maximum atomic E-state index is 12.4. The number of thiophene rings is 1. The first-order valence-corrected chi connectivity index (χ1v) is 9.28. The van der Waals surface area contributed by atoms with Crippen molar-refractivity contribution in [2.24, 2.45) is 0 Å². The third kappa shape index (κ3) is 3.52. The molecule has 0 unspecified atom stereocenters. The van der Waals surface area contributed by atoms with Gasteiger partial charge in [0.1, 0.15) is 10.0 Å². The van der Waals surface area contributed by atoms with Crippen LogP contribution < -0.4 is 4.72 Å². The van der Waals surface area contributed by atoms with E-state index in [4.69, 9.17) is 16.1 Å². The molecule has 10 heteroatoms. The monoisotopic (exact) mass is 370 g/mol. The van der Waals surface area contributed by atoms with Crippen molar-refractivity contribution < 1.29 is 12.9 Å². The Morgan fingerprint density at radius 3 is 2.87 bits per heavy atom. The lowest BCUT2D eigenvalue weighted by molar-refractivity contribution is 0.383. The van der Waals surface area contributed by atoms with E-state index in [-0.39, 0.29) is 10.0 Å². The number of nitrogens with one attached hydrogen (secondary N) is 1. The molecule has 0 atom stereocenters. The smallest absolute Gasteiger partial charge is 0.272 e. The van der Waals surface area contributed by atoms with E-state index in [0.29, 0.717) is 28.7 Å². The second kappa shape index (κ2) is 6.26. The van der Waals surface area contributed by atoms with Gasteiger partial charge >= 0.3 is 0 Å².